The Morgan fingerprint density at radius 1 is 1.07 bits per heavy atom. The van der Waals surface area contributed by atoms with E-state index in [4.69, 9.17) is 4.42 Å². The normalized spacial score (nSPS) is 14.0. The number of furan rings is 1. The molecule has 1 aliphatic rings. The van der Waals surface area contributed by atoms with Gasteiger partial charge in [-0.15, -0.1) is 0 Å². The zero-order chi connectivity index (χ0) is 28.4. The van der Waals surface area contributed by atoms with E-state index in [2.05, 4.69) is 17.0 Å². The van der Waals surface area contributed by atoms with Gasteiger partial charge in [-0.05, 0) is 86.0 Å². The van der Waals surface area contributed by atoms with Crippen molar-refractivity contribution in [2.75, 3.05) is 5.01 Å². The zero-order valence-electron chi connectivity index (χ0n) is 22.5. The topological polar surface area (TPSA) is 74.9 Å². The first-order chi connectivity index (χ1) is 19.2. The van der Waals surface area contributed by atoms with Gasteiger partial charge < -0.3 is 9.73 Å². The van der Waals surface area contributed by atoms with Crippen molar-refractivity contribution < 1.29 is 19.8 Å². The smallest absolute Gasteiger partial charge is 0.280 e. The molecule has 2 amide bonds. The van der Waals surface area contributed by atoms with Gasteiger partial charge in [0.25, 0.3) is 11.8 Å². The van der Waals surface area contributed by atoms with Crippen LogP contribution in [-0.2, 0) is 11.3 Å². The minimum atomic E-state index is -0.322. The Labute approximate surface area is 233 Å². The number of carbonyl (C=O) groups excluding carboxylic acids is 2. The van der Waals surface area contributed by atoms with E-state index >= 15 is 0 Å². The van der Waals surface area contributed by atoms with E-state index in [1.54, 1.807) is 43.3 Å². The number of carbonyl (C=O) groups is 2. The lowest BCUT2D eigenvalue weighted by atomic mass is 10.0. The summed E-state index contributed by atoms with van der Waals surface area (Å²) >= 11 is 0. The van der Waals surface area contributed by atoms with Crippen LogP contribution in [-0.4, -0.2) is 17.5 Å². The Balaban J connectivity index is 0.00000387. The number of nitrogens with one attached hydrogen (secondary N) is 1. The van der Waals surface area contributed by atoms with Crippen LogP contribution in [0.3, 0.4) is 0 Å². The first-order valence-electron chi connectivity index (χ1n) is 12.8. The Morgan fingerprint density at radius 2 is 1.85 bits per heavy atom. The fraction of sp³-hybridized carbons (Fsp3) is 0.121. The molecule has 0 spiro atoms. The van der Waals surface area contributed by atoms with Gasteiger partial charge in [0.1, 0.15) is 17.3 Å². The predicted octanol–water partition coefficient (Wildman–Crippen LogP) is 7.41. The van der Waals surface area contributed by atoms with Crippen LogP contribution in [0.25, 0.3) is 23.0 Å². The number of hydrogen-bond donors (Lipinski definition) is 1. The molecule has 1 N–H and O–H groups in total. The maximum atomic E-state index is 13.2. The van der Waals surface area contributed by atoms with Crippen molar-refractivity contribution in [3.63, 3.8) is 0 Å². The van der Waals surface area contributed by atoms with E-state index in [9.17, 15) is 14.0 Å². The molecule has 0 bridgehead atoms. The van der Waals surface area contributed by atoms with Gasteiger partial charge in [-0.3, -0.25) is 9.59 Å². The second-order valence-corrected chi connectivity index (χ2v) is 9.73. The maximum Gasteiger partial charge on any atom is 0.280 e. The Bertz CT molecular complexity index is 1700. The van der Waals surface area contributed by atoms with Crippen LogP contribution >= 0.6 is 0 Å². The molecular weight excluding hydrogens is 505 g/mol. The van der Waals surface area contributed by atoms with E-state index in [-0.39, 0.29) is 25.6 Å². The first-order valence-corrected chi connectivity index (χ1v) is 12.8. The summed E-state index contributed by atoms with van der Waals surface area (Å²) in [5.74, 6) is 0.248. The molecule has 1 aromatic heterocycles. The van der Waals surface area contributed by atoms with Crippen LogP contribution in [0.5, 0.6) is 0 Å². The van der Waals surface area contributed by atoms with E-state index in [0.29, 0.717) is 34.1 Å². The summed E-state index contributed by atoms with van der Waals surface area (Å²) in [5, 5.41) is 8.73. The highest BCUT2D eigenvalue weighted by Crippen LogP contribution is 2.29. The van der Waals surface area contributed by atoms with Gasteiger partial charge in [0.15, 0.2) is 0 Å². The number of hydrazone groups is 1. The minimum absolute atomic E-state index is 0. The summed E-state index contributed by atoms with van der Waals surface area (Å²) in [6.07, 6.45) is 1.68. The summed E-state index contributed by atoms with van der Waals surface area (Å²) < 4.78 is 19.2. The van der Waals surface area contributed by atoms with E-state index in [1.807, 2.05) is 50.2 Å². The van der Waals surface area contributed by atoms with Gasteiger partial charge in [-0.25, -0.2) is 4.39 Å². The van der Waals surface area contributed by atoms with Gasteiger partial charge in [0.05, 0.1) is 17.0 Å². The highest BCUT2D eigenvalue weighted by atomic mass is 19.1. The van der Waals surface area contributed by atoms with Crippen molar-refractivity contribution in [3.8, 4) is 11.3 Å². The molecular formula is C33H30FN3O3. The van der Waals surface area contributed by atoms with Crippen molar-refractivity contribution in [1.82, 2.24) is 5.32 Å². The SMILES string of the molecule is C=C(C)c1cccc(N2N=C(C)/C(=C/c3ccc(-c4ccc(C)c(C(=O)NCc5ccc(F)cc5)c4)o3)C2=O)c1.[HH]. The molecule has 0 radical (unpaired) electrons. The van der Waals surface area contributed by atoms with Crippen LogP contribution in [0.2, 0.25) is 0 Å². The quantitative estimate of drug-likeness (QED) is 0.250. The summed E-state index contributed by atoms with van der Waals surface area (Å²) in [6.45, 7) is 9.81. The number of aryl methyl sites for hydroxylation is 1. The Hall–Kier alpha value is -5.04. The fourth-order valence-corrected chi connectivity index (χ4v) is 4.39. The summed E-state index contributed by atoms with van der Waals surface area (Å²) in [4.78, 5) is 26.1. The molecule has 1 aliphatic heterocycles. The molecule has 0 fully saturated rings. The van der Waals surface area contributed by atoms with Crippen molar-refractivity contribution in [2.45, 2.75) is 27.3 Å². The Kier molecular flexibility index (Phi) is 7.29. The van der Waals surface area contributed by atoms with Gasteiger partial charge in [0.2, 0.25) is 0 Å². The zero-order valence-corrected chi connectivity index (χ0v) is 22.5. The third-order valence-corrected chi connectivity index (χ3v) is 6.69. The minimum Gasteiger partial charge on any atom is -0.457 e. The van der Waals surface area contributed by atoms with E-state index in [1.165, 1.54) is 17.1 Å². The molecule has 0 unspecified atom stereocenters. The molecule has 0 aliphatic carbocycles. The van der Waals surface area contributed by atoms with Crippen molar-refractivity contribution in [3.05, 3.63) is 125 Å². The molecule has 0 saturated carbocycles. The van der Waals surface area contributed by atoms with Gasteiger partial charge in [-0.1, -0.05) is 48.6 Å². The number of nitrogens with zero attached hydrogens (tertiary/aromatic N) is 2. The molecule has 4 aromatic rings. The molecule has 7 heteroatoms. The number of halogens is 1. The molecule has 3 aromatic carbocycles. The number of hydrogen-bond acceptors (Lipinski definition) is 4. The Morgan fingerprint density at radius 3 is 2.60 bits per heavy atom. The lowest BCUT2D eigenvalue weighted by Gasteiger charge is -2.13. The van der Waals surface area contributed by atoms with Gasteiger partial charge >= 0.3 is 0 Å². The molecule has 2 heterocycles. The largest absolute Gasteiger partial charge is 0.457 e. The average molecular weight is 536 g/mol. The van der Waals surface area contributed by atoms with Crippen molar-refractivity contribution in [1.29, 1.82) is 0 Å². The first kappa shape index (κ1) is 26.6. The molecule has 0 atom stereocenters. The molecule has 5 rings (SSSR count). The van der Waals surface area contributed by atoms with Crippen LogP contribution in [0, 0.1) is 12.7 Å². The maximum absolute atomic E-state index is 13.2. The standard InChI is InChI=1S/C33H28FN3O3.H2/c1-20(2)24-6-5-7-27(16-24)37-33(39)30(22(4)36-37)18-28-14-15-31(40-28)25-11-8-21(3)29(17-25)32(38)35-19-23-9-12-26(34)13-10-23;/h5-18H,1,19H2,2-4H3,(H,35,38);1H/b30-18-;. The van der Waals surface area contributed by atoms with E-state index in [0.717, 1.165) is 27.8 Å². The average Bonchev–Trinajstić information content (AvgIpc) is 3.53. The summed E-state index contributed by atoms with van der Waals surface area (Å²) in [6, 6.07) is 22.6. The third-order valence-electron chi connectivity index (χ3n) is 6.69. The highest BCUT2D eigenvalue weighted by Gasteiger charge is 2.29. The summed E-state index contributed by atoms with van der Waals surface area (Å²) in [5.41, 5.74) is 6.37. The van der Waals surface area contributed by atoms with Gasteiger partial charge in [0, 0.05) is 19.1 Å². The second-order valence-electron chi connectivity index (χ2n) is 9.73. The highest BCUT2D eigenvalue weighted by molar-refractivity contribution is 6.32. The van der Waals surface area contributed by atoms with E-state index < -0.39 is 0 Å². The molecule has 0 saturated heterocycles. The molecule has 40 heavy (non-hydrogen) atoms. The number of rotatable bonds is 7. The summed E-state index contributed by atoms with van der Waals surface area (Å²) in [7, 11) is 0. The lowest BCUT2D eigenvalue weighted by molar-refractivity contribution is -0.114. The molecule has 6 nitrogen and oxygen atoms in total. The molecule has 202 valence electrons. The second kappa shape index (κ2) is 11.0. The van der Waals surface area contributed by atoms with Crippen LogP contribution in [0.15, 0.2) is 101 Å². The fourth-order valence-electron chi connectivity index (χ4n) is 4.39. The monoisotopic (exact) mass is 535 g/mol. The number of anilines is 1. The van der Waals surface area contributed by atoms with Gasteiger partial charge in [-0.2, -0.15) is 10.1 Å². The number of benzene rings is 3. The predicted molar refractivity (Wildman–Crippen MR) is 158 cm³/mol. The lowest BCUT2D eigenvalue weighted by Crippen LogP contribution is -2.23. The number of allylic oxidation sites excluding steroid dienone is 1. The van der Waals surface area contributed by atoms with Crippen LogP contribution in [0.1, 0.15) is 48.1 Å². The van der Waals surface area contributed by atoms with Crippen LogP contribution in [0.4, 0.5) is 10.1 Å². The third kappa shape index (κ3) is 5.54. The van der Waals surface area contributed by atoms with Crippen molar-refractivity contribution >= 4 is 34.9 Å². The van der Waals surface area contributed by atoms with Crippen molar-refractivity contribution in [2.24, 2.45) is 5.10 Å². The number of amides is 2. The van der Waals surface area contributed by atoms with Crippen LogP contribution < -0.4 is 10.3 Å².